The van der Waals surface area contributed by atoms with Crippen LogP contribution in [0.5, 0.6) is 0 Å². The topological polar surface area (TPSA) is 66.3 Å². The van der Waals surface area contributed by atoms with Gasteiger partial charge in [-0.1, -0.05) is 13.0 Å². The third kappa shape index (κ3) is 2.91. The molecule has 2 aromatic rings. The van der Waals surface area contributed by atoms with Crippen molar-refractivity contribution in [3.05, 3.63) is 57.9 Å². The minimum absolute atomic E-state index is 0.231. The highest BCUT2D eigenvalue weighted by Gasteiger charge is 2.36. The van der Waals surface area contributed by atoms with E-state index in [0.29, 0.717) is 18.4 Å². The van der Waals surface area contributed by atoms with Gasteiger partial charge in [-0.3, -0.25) is 9.59 Å². The highest BCUT2D eigenvalue weighted by molar-refractivity contribution is 5.91. The van der Waals surface area contributed by atoms with Crippen LogP contribution in [-0.4, -0.2) is 22.8 Å². The predicted molar refractivity (Wildman–Crippen MR) is 78.1 cm³/mol. The Morgan fingerprint density at radius 1 is 1.38 bits per heavy atom. The van der Waals surface area contributed by atoms with E-state index in [4.69, 9.17) is 4.42 Å². The molecule has 0 aromatic carbocycles. The van der Waals surface area contributed by atoms with Gasteiger partial charge >= 0.3 is 0 Å². The van der Waals surface area contributed by atoms with Gasteiger partial charge < -0.3 is 14.3 Å². The van der Waals surface area contributed by atoms with E-state index in [-0.39, 0.29) is 17.2 Å². The van der Waals surface area contributed by atoms with E-state index in [1.165, 1.54) is 17.4 Å². The van der Waals surface area contributed by atoms with Gasteiger partial charge in [-0.15, -0.1) is 0 Å². The van der Waals surface area contributed by atoms with Crippen LogP contribution >= 0.6 is 0 Å². The Balaban J connectivity index is 1.68. The number of pyridine rings is 1. The molecule has 2 unspecified atom stereocenters. The van der Waals surface area contributed by atoms with Crippen LogP contribution in [0.2, 0.25) is 0 Å². The maximum atomic E-state index is 12.2. The lowest BCUT2D eigenvalue weighted by molar-refractivity contribution is 0.0768. The van der Waals surface area contributed by atoms with E-state index in [1.807, 2.05) is 12.1 Å². The number of hydrogen-bond donors (Lipinski definition) is 1. The Morgan fingerprint density at radius 2 is 2.14 bits per heavy atom. The Kier molecular flexibility index (Phi) is 3.41. The first-order valence-corrected chi connectivity index (χ1v) is 7.08. The number of carbonyl (C=O) groups excluding carboxylic acids is 1. The van der Waals surface area contributed by atoms with Crippen molar-refractivity contribution in [2.45, 2.75) is 25.8 Å². The van der Waals surface area contributed by atoms with Crippen molar-refractivity contribution in [2.24, 2.45) is 5.92 Å². The fourth-order valence-corrected chi connectivity index (χ4v) is 2.48. The Hall–Kier alpha value is -2.30. The standard InChI is InChI=1S/C16H18N2O3/c1-10-8-12(10)14-7-6-11(21-14)9-18(2)16(20)13-4-3-5-15(19)17-13/h3-7,10,12H,8-9H2,1-2H3,(H,17,19). The van der Waals surface area contributed by atoms with Gasteiger partial charge in [-0.05, 0) is 30.5 Å². The fraction of sp³-hybridized carbons (Fsp3) is 0.375. The number of rotatable bonds is 4. The lowest BCUT2D eigenvalue weighted by atomic mass is 10.3. The van der Waals surface area contributed by atoms with Gasteiger partial charge in [0, 0.05) is 19.0 Å². The summed E-state index contributed by atoms with van der Waals surface area (Å²) in [4.78, 5) is 27.5. The van der Waals surface area contributed by atoms with Crippen molar-refractivity contribution in [3.63, 3.8) is 0 Å². The molecule has 1 aliphatic rings. The summed E-state index contributed by atoms with van der Waals surface area (Å²) in [5.41, 5.74) is 0.00449. The van der Waals surface area contributed by atoms with Crippen molar-refractivity contribution in [3.8, 4) is 0 Å². The highest BCUT2D eigenvalue weighted by Crippen LogP contribution is 2.47. The number of nitrogens with zero attached hydrogens (tertiary/aromatic N) is 1. The largest absolute Gasteiger partial charge is 0.464 e. The van der Waals surface area contributed by atoms with E-state index in [1.54, 1.807) is 19.2 Å². The predicted octanol–water partition coefficient (Wildman–Crippen LogP) is 2.36. The molecular formula is C16H18N2O3. The van der Waals surface area contributed by atoms with Gasteiger partial charge in [-0.2, -0.15) is 0 Å². The normalized spacial score (nSPS) is 20.3. The molecule has 2 atom stereocenters. The monoisotopic (exact) mass is 286 g/mol. The van der Waals surface area contributed by atoms with Crippen molar-refractivity contribution >= 4 is 5.91 Å². The van der Waals surface area contributed by atoms with Crippen LogP contribution < -0.4 is 5.56 Å². The van der Waals surface area contributed by atoms with Gasteiger partial charge in [0.2, 0.25) is 5.56 Å². The van der Waals surface area contributed by atoms with Crippen LogP contribution in [0.3, 0.4) is 0 Å². The zero-order valence-electron chi connectivity index (χ0n) is 12.1. The molecule has 5 nitrogen and oxygen atoms in total. The molecule has 21 heavy (non-hydrogen) atoms. The van der Waals surface area contributed by atoms with E-state index in [0.717, 1.165) is 11.5 Å². The van der Waals surface area contributed by atoms with Crippen LogP contribution in [0.1, 0.15) is 41.3 Å². The molecule has 1 N–H and O–H groups in total. The molecule has 110 valence electrons. The molecule has 1 amide bonds. The number of nitrogens with one attached hydrogen (secondary N) is 1. The second kappa shape index (κ2) is 5.24. The third-order valence-electron chi connectivity index (χ3n) is 3.90. The number of aromatic nitrogens is 1. The summed E-state index contributed by atoms with van der Waals surface area (Å²) in [6, 6.07) is 8.45. The number of carbonyl (C=O) groups is 1. The van der Waals surface area contributed by atoms with E-state index in [9.17, 15) is 9.59 Å². The Labute approximate surface area is 122 Å². The average molecular weight is 286 g/mol. The number of aromatic amines is 1. The minimum atomic E-state index is -0.280. The summed E-state index contributed by atoms with van der Waals surface area (Å²) < 4.78 is 5.79. The van der Waals surface area contributed by atoms with Crippen molar-refractivity contribution < 1.29 is 9.21 Å². The first-order valence-electron chi connectivity index (χ1n) is 7.08. The van der Waals surface area contributed by atoms with Gasteiger partial charge in [0.25, 0.3) is 5.91 Å². The van der Waals surface area contributed by atoms with E-state index >= 15 is 0 Å². The zero-order valence-corrected chi connectivity index (χ0v) is 12.1. The SMILES string of the molecule is CC1CC1c1ccc(CN(C)C(=O)c2cccc(=O)[nH]2)o1. The number of amides is 1. The summed E-state index contributed by atoms with van der Waals surface area (Å²) in [5.74, 6) is 2.76. The van der Waals surface area contributed by atoms with Crippen LogP contribution in [0.4, 0.5) is 0 Å². The second-order valence-corrected chi connectivity index (χ2v) is 5.71. The van der Waals surface area contributed by atoms with E-state index in [2.05, 4.69) is 11.9 Å². The molecule has 0 aliphatic heterocycles. The van der Waals surface area contributed by atoms with Crippen molar-refractivity contribution in [1.29, 1.82) is 0 Å². The lowest BCUT2D eigenvalue weighted by Crippen LogP contribution is -2.28. The summed E-state index contributed by atoms with van der Waals surface area (Å²) in [7, 11) is 1.69. The van der Waals surface area contributed by atoms with Gasteiger partial charge in [0.1, 0.15) is 17.2 Å². The Morgan fingerprint density at radius 3 is 2.81 bits per heavy atom. The van der Waals surface area contributed by atoms with Gasteiger partial charge in [0.15, 0.2) is 0 Å². The summed E-state index contributed by atoms with van der Waals surface area (Å²) >= 11 is 0. The minimum Gasteiger partial charge on any atom is -0.464 e. The van der Waals surface area contributed by atoms with Gasteiger partial charge in [0.05, 0.1) is 6.54 Å². The van der Waals surface area contributed by atoms with Crippen LogP contribution in [0, 0.1) is 5.92 Å². The molecule has 1 saturated carbocycles. The molecule has 2 heterocycles. The number of furan rings is 1. The Bertz CT molecular complexity index is 716. The third-order valence-corrected chi connectivity index (χ3v) is 3.90. The number of H-pyrrole nitrogens is 1. The molecule has 1 fully saturated rings. The van der Waals surface area contributed by atoms with Crippen LogP contribution in [-0.2, 0) is 6.54 Å². The van der Waals surface area contributed by atoms with Crippen molar-refractivity contribution in [1.82, 2.24) is 9.88 Å². The molecule has 3 rings (SSSR count). The first kappa shape index (κ1) is 13.7. The molecule has 2 aromatic heterocycles. The van der Waals surface area contributed by atoms with Crippen LogP contribution in [0.25, 0.3) is 0 Å². The van der Waals surface area contributed by atoms with Crippen molar-refractivity contribution in [2.75, 3.05) is 7.05 Å². The zero-order chi connectivity index (χ0) is 15.0. The summed E-state index contributed by atoms with van der Waals surface area (Å²) in [5, 5.41) is 0. The van der Waals surface area contributed by atoms with Gasteiger partial charge in [-0.25, -0.2) is 0 Å². The maximum absolute atomic E-state index is 12.2. The van der Waals surface area contributed by atoms with E-state index < -0.39 is 0 Å². The molecule has 0 radical (unpaired) electrons. The first-order chi connectivity index (χ1) is 10.0. The maximum Gasteiger partial charge on any atom is 0.270 e. The molecule has 1 aliphatic carbocycles. The average Bonchev–Trinajstić information content (AvgIpc) is 3.01. The fourth-order valence-electron chi connectivity index (χ4n) is 2.48. The molecular weight excluding hydrogens is 268 g/mol. The lowest BCUT2D eigenvalue weighted by Gasteiger charge is -2.15. The quantitative estimate of drug-likeness (QED) is 0.938. The number of hydrogen-bond acceptors (Lipinski definition) is 3. The smallest absolute Gasteiger partial charge is 0.270 e. The molecule has 0 spiro atoms. The summed E-state index contributed by atoms with van der Waals surface area (Å²) in [6.45, 7) is 2.59. The second-order valence-electron chi connectivity index (χ2n) is 5.71. The molecule has 0 saturated heterocycles. The molecule has 5 heteroatoms. The summed E-state index contributed by atoms with van der Waals surface area (Å²) in [6.07, 6.45) is 1.17. The van der Waals surface area contributed by atoms with Crippen LogP contribution in [0.15, 0.2) is 39.5 Å². The highest BCUT2D eigenvalue weighted by atomic mass is 16.3. The molecule has 0 bridgehead atoms.